The van der Waals surface area contributed by atoms with Crippen LogP contribution in [0.15, 0.2) is 11.6 Å². The number of rotatable bonds is 5. The first-order chi connectivity index (χ1) is 8.13. The number of likely N-dealkylation sites (tertiary alicyclic amines) is 1. The number of piperidine rings is 1. The predicted molar refractivity (Wildman–Crippen MR) is 68.9 cm³/mol. The van der Waals surface area contributed by atoms with Crippen molar-refractivity contribution in [3.8, 4) is 0 Å². The molecule has 0 radical (unpaired) electrons. The van der Waals surface area contributed by atoms with Crippen molar-refractivity contribution in [3.05, 3.63) is 11.6 Å². The lowest BCUT2D eigenvalue weighted by molar-refractivity contribution is -0.136. The van der Waals surface area contributed by atoms with Gasteiger partial charge in [-0.25, -0.2) is 4.79 Å². The molecule has 1 aliphatic rings. The maximum Gasteiger partial charge on any atom is 0.333 e. The second-order valence-electron chi connectivity index (χ2n) is 4.81. The van der Waals surface area contributed by atoms with Crippen molar-refractivity contribution < 1.29 is 9.53 Å². The maximum absolute atomic E-state index is 11.1. The third-order valence-corrected chi connectivity index (χ3v) is 3.22. The minimum Gasteiger partial charge on any atom is -0.466 e. The van der Waals surface area contributed by atoms with Crippen LogP contribution in [0.1, 0.15) is 19.8 Å². The van der Waals surface area contributed by atoms with Crippen molar-refractivity contribution in [2.75, 3.05) is 40.3 Å². The third-order valence-electron chi connectivity index (χ3n) is 3.22. The third kappa shape index (κ3) is 5.33. The van der Waals surface area contributed by atoms with Gasteiger partial charge in [0.1, 0.15) is 0 Å². The zero-order valence-electron chi connectivity index (χ0n) is 11.2. The molecule has 1 fully saturated rings. The van der Waals surface area contributed by atoms with Crippen LogP contribution in [0.4, 0.5) is 0 Å². The molecule has 0 bridgehead atoms. The van der Waals surface area contributed by atoms with Gasteiger partial charge in [0.05, 0.1) is 7.11 Å². The molecule has 0 spiro atoms. The molecule has 0 aliphatic carbocycles. The minimum atomic E-state index is -0.246. The van der Waals surface area contributed by atoms with Crippen LogP contribution < -0.4 is 5.32 Å². The van der Waals surface area contributed by atoms with Gasteiger partial charge in [-0.2, -0.15) is 0 Å². The highest BCUT2D eigenvalue weighted by Gasteiger charge is 2.16. The summed E-state index contributed by atoms with van der Waals surface area (Å²) in [5, 5.41) is 3.37. The van der Waals surface area contributed by atoms with Gasteiger partial charge in [-0.3, -0.25) is 0 Å². The average molecular weight is 240 g/mol. The van der Waals surface area contributed by atoms with Crippen molar-refractivity contribution >= 4 is 5.97 Å². The second-order valence-corrected chi connectivity index (χ2v) is 4.81. The fourth-order valence-corrected chi connectivity index (χ4v) is 2.20. The van der Waals surface area contributed by atoms with E-state index in [2.05, 4.69) is 22.0 Å². The molecule has 0 aromatic heterocycles. The van der Waals surface area contributed by atoms with Crippen molar-refractivity contribution in [1.29, 1.82) is 0 Å². The van der Waals surface area contributed by atoms with Crippen molar-refractivity contribution in [2.45, 2.75) is 19.8 Å². The van der Waals surface area contributed by atoms with E-state index in [-0.39, 0.29) is 5.97 Å². The zero-order valence-corrected chi connectivity index (χ0v) is 11.2. The number of ether oxygens (including phenoxy) is 1. The SMILES string of the molecule is COC(=O)C(C)=CCNCC1CCCN(C)C1. The van der Waals surface area contributed by atoms with Gasteiger partial charge in [0.15, 0.2) is 0 Å². The molecule has 1 aliphatic heterocycles. The van der Waals surface area contributed by atoms with E-state index in [0.29, 0.717) is 5.57 Å². The lowest BCUT2D eigenvalue weighted by Gasteiger charge is -2.29. The molecule has 1 heterocycles. The molecular formula is C13H24N2O2. The molecule has 0 aromatic carbocycles. The summed E-state index contributed by atoms with van der Waals surface area (Å²) >= 11 is 0. The number of nitrogens with zero attached hydrogens (tertiary/aromatic N) is 1. The molecule has 4 nitrogen and oxygen atoms in total. The van der Waals surface area contributed by atoms with E-state index >= 15 is 0 Å². The van der Waals surface area contributed by atoms with E-state index in [9.17, 15) is 4.79 Å². The number of hydrogen-bond acceptors (Lipinski definition) is 4. The monoisotopic (exact) mass is 240 g/mol. The van der Waals surface area contributed by atoms with E-state index in [0.717, 1.165) is 19.0 Å². The van der Waals surface area contributed by atoms with Crippen LogP contribution in [0.5, 0.6) is 0 Å². The van der Waals surface area contributed by atoms with Gasteiger partial charge >= 0.3 is 5.97 Å². The Morgan fingerprint density at radius 1 is 1.59 bits per heavy atom. The lowest BCUT2D eigenvalue weighted by atomic mass is 9.98. The van der Waals surface area contributed by atoms with Gasteiger partial charge in [-0.05, 0) is 45.8 Å². The van der Waals surface area contributed by atoms with Crippen LogP contribution in [0, 0.1) is 5.92 Å². The summed E-state index contributed by atoms with van der Waals surface area (Å²) in [5.74, 6) is 0.491. The first-order valence-electron chi connectivity index (χ1n) is 6.27. The summed E-state index contributed by atoms with van der Waals surface area (Å²) in [7, 11) is 3.58. The Labute approximate surface area is 104 Å². The van der Waals surface area contributed by atoms with Gasteiger partial charge < -0.3 is 15.0 Å². The van der Waals surface area contributed by atoms with Crippen LogP contribution in [-0.2, 0) is 9.53 Å². The quantitative estimate of drug-likeness (QED) is 0.443. The normalized spacial score (nSPS) is 22.5. The minimum absolute atomic E-state index is 0.246. The largest absolute Gasteiger partial charge is 0.466 e. The Balaban J connectivity index is 2.17. The summed E-state index contributed by atoms with van der Waals surface area (Å²) in [6.45, 7) is 5.93. The molecule has 1 atom stereocenters. The molecule has 0 aromatic rings. The molecule has 0 amide bonds. The Morgan fingerprint density at radius 2 is 2.35 bits per heavy atom. The maximum atomic E-state index is 11.1. The van der Waals surface area contributed by atoms with Crippen LogP contribution in [0.25, 0.3) is 0 Å². The van der Waals surface area contributed by atoms with Crippen molar-refractivity contribution in [2.24, 2.45) is 5.92 Å². The average Bonchev–Trinajstić information content (AvgIpc) is 2.33. The summed E-state index contributed by atoms with van der Waals surface area (Å²) in [5.41, 5.74) is 0.667. The summed E-state index contributed by atoms with van der Waals surface area (Å²) < 4.78 is 4.63. The summed E-state index contributed by atoms with van der Waals surface area (Å²) in [4.78, 5) is 13.5. The number of methoxy groups -OCH3 is 1. The molecule has 1 N–H and O–H groups in total. The zero-order chi connectivity index (χ0) is 12.7. The molecule has 17 heavy (non-hydrogen) atoms. The molecule has 1 saturated heterocycles. The second kappa shape index (κ2) is 7.45. The van der Waals surface area contributed by atoms with E-state index in [4.69, 9.17) is 0 Å². The van der Waals surface area contributed by atoms with Gasteiger partial charge in [0.25, 0.3) is 0 Å². The van der Waals surface area contributed by atoms with Gasteiger partial charge in [-0.15, -0.1) is 0 Å². The number of carbonyl (C=O) groups is 1. The lowest BCUT2D eigenvalue weighted by Crippen LogP contribution is -2.37. The number of nitrogens with one attached hydrogen (secondary N) is 1. The Morgan fingerprint density at radius 3 is 3.00 bits per heavy atom. The fourth-order valence-electron chi connectivity index (χ4n) is 2.20. The number of hydrogen-bond donors (Lipinski definition) is 1. The molecule has 4 heteroatoms. The smallest absolute Gasteiger partial charge is 0.333 e. The van der Waals surface area contributed by atoms with E-state index in [1.54, 1.807) is 6.92 Å². The molecule has 1 rings (SSSR count). The van der Waals surface area contributed by atoms with Gasteiger partial charge in [0, 0.05) is 18.7 Å². The number of esters is 1. The first kappa shape index (κ1) is 14.2. The molecular weight excluding hydrogens is 216 g/mol. The van der Waals surface area contributed by atoms with E-state index < -0.39 is 0 Å². The predicted octanol–water partition coefficient (Wildman–Crippen LogP) is 1.04. The Kier molecular flexibility index (Phi) is 6.22. The highest BCUT2D eigenvalue weighted by molar-refractivity contribution is 5.87. The van der Waals surface area contributed by atoms with E-state index in [1.165, 1.54) is 33.0 Å². The van der Waals surface area contributed by atoms with Crippen LogP contribution >= 0.6 is 0 Å². The van der Waals surface area contributed by atoms with Crippen LogP contribution in [0.3, 0.4) is 0 Å². The highest BCUT2D eigenvalue weighted by atomic mass is 16.5. The van der Waals surface area contributed by atoms with E-state index in [1.807, 2.05) is 6.08 Å². The molecule has 0 saturated carbocycles. The number of carbonyl (C=O) groups excluding carboxylic acids is 1. The molecule has 1 unspecified atom stereocenters. The van der Waals surface area contributed by atoms with Crippen LogP contribution in [-0.4, -0.2) is 51.2 Å². The molecule has 98 valence electrons. The fraction of sp³-hybridized carbons (Fsp3) is 0.769. The van der Waals surface area contributed by atoms with Crippen molar-refractivity contribution in [1.82, 2.24) is 10.2 Å². The summed E-state index contributed by atoms with van der Waals surface area (Å²) in [6, 6.07) is 0. The first-order valence-corrected chi connectivity index (χ1v) is 6.27. The Hall–Kier alpha value is -0.870. The van der Waals surface area contributed by atoms with Crippen molar-refractivity contribution in [3.63, 3.8) is 0 Å². The highest BCUT2D eigenvalue weighted by Crippen LogP contribution is 2.13. The standard InChI is InChI=1S/C13H24N2O2/c1-11(13(16)17-3)6-7-14-9-12-5-4-8-15(2)10-12/h6,12,14H,4-5,7-10H2,1-3H3. The van der Waals surface area contributed by atoms with Crippen LogP contribution in [0.2, 0.25) is 0 Å². The van der Waals surface area contributed by atoms with Gasteiger partial charge in [-0.1, -0.05) is 6.08 Å². The Bertz CT molecular complexity index is 277. The van der Waals surface area contributed by atoms with Gasteiger partial charge in [0.2, 0.25) is 0 Å². The topological polar surface area (TPSA) is 41.6 Å². The summed E-state index contributed by atoms with van der Waals surface area (Å²) in [6.07, 6.45) is 4.48.